The molecule has 3 rings (SSSR count). The summed E-state index contributed by atoms with van der Waals surface area (Å²) >= 11 is 0. The number of ether oxygens (including phenoxy) is 1. The van der Waals surface area contributed by atoms with Crippen molar-refractivity contribution in [3.05, 3.63) is 40.8 Å². The molecule has 136 valence electrons. The van der Waals surface area contributed by atoms with Crippen molar-refractivity contribution < 1.29 is 9.53 Å². The summed E-state index contributed by atoms with van der Waals surface area (Å²) in [5.74, 6) is 0.412. The summed E-state index contributed by atoms with van der Waals surface area (Å²) in [5.41, 5.74) is 3.43. The number of H-pyrrole nitrogens is 1. The van der Waals surface area contributed by atoms with Gasteiger partial charge in [-0.1, -0.05) is 6.92 Å². The highest BCUT2D eigenvalue weighted by molar-refractivity contribution is 5.94. The Morgan fingerprint density at radius 3 is 3.12 bits per heavy atom. The number of hydrogen-bond donors (Lipinski definition) is 3. The maximum absolute atomic E-state index is 12.4. The molecule has 1 aliphatic heterocycles. The fourth-order valence-electron chi connectivity index (χ4n) is 2.59. The SMILES string of the molecule is CCC(C)Oc1cc(CNC(=O)c2n[nH]c3c2CNCC3)ccn1.Cl. The number of aromatic amines is 1. The number of aromatic nitrogens is 3. The third kappa shape index (κ3) is 4.70. The van der Waals surface area contributed by atoms with Gasteiger partial charge in [-0.3, -0.25) is 9.89 Å². The molecule has 3 N–H and O–H groups in total. The molecule has 0 saturated heterocycles. The van der Waals surface area contributed by atoms with Gasteiger partial charge in [0.1, 0.15) is 0 Å². The number of nitrogens with zero attached hydrogens (tertiary/aromatic N) is 2. The summed E-state index contributed by atoms with van der Waals surface area (Å²) in [5, 5.41) is 13.3. The van der Waals surface area contributed by atoms with Crippen molar-refractivity contribution in [2.75, 3.05) is 6.54 Å². The summed E-state index contributed by atoms with van der Waals surface area (Å²) in [6, 6.07) is 3.72. The Morgan fingerprint density at radius 2 is 2.32 bits per heavy atom. The summed E-state index contributed by atoms with van der Waals surface area (Å²) in [4.78, 5) is 16.6. The van der Waals surface area contributed by atoms with Crippen LogP contribution in [0.4, 0.5) is 0 Å². The molecule has 2 aromatic rings. The maximum Gasteiger partial charge on any atom is 0.272 e. The van der Waals surface area contributed by atoms with E-state index < -0.39 is 0 Å². The van der Waals surface area contributed by atoms with Crippen LogP contribution < -0.4 is 15.4 Å². The molecule has 3 heterocycles. The number of amides is 1. The molecule has 2 aromatic heterocycles. The minimum atomic E-state index is -0.169. The van der Waals surface area contributed by atoms with Gasteiger partial charge in [0.25, 0.3) is 5.91 Å². The summed E-state index contributed by atoms with van der Waals surface area (Å²) in [7, 11) is 0. The second-order valence-corrected chi connectivity index (χ2v) is 5.98. The van der Waals surface area contributed by atoms with Crippen LogP contribution >= 0.6 is 12.4 Å². The topological polar surface area (TPSA) is 91.9 Å². The number of nitrogens with one attached hydrogen (secondary N) is 3. The van der Waals surface area contributed by atoms with Crippen molar-refractivity contribution >= 4 is 18.3 Å². The second kappa shape index (κ2) is 8.82. The lowest BCUT2D eigenvalue weighted by Crippen LogP contribution is -2.28. The highest BCUT2D eigenvalue weighted by Gasteiger charge is 2.21. The lowest BCUT2D eigenvalue weighted by atomic mass is 10.1. The molecule has 1 atom stereocenters. The molecule has 1 unspecified atom stereocenters. The average molecular weight is 366 g/mol. The van der Waals surface area contributed by atoms with E-state index in [0.717, 1.165) is 36.2 Å². The normalized spacial score (nSPS) is 14.2. The smallest absolute Gasteiger partial charge is 0.272 e. The van der Waals surface area contributed by atoms with E-state index in [1.807, 2.05) is 19.1 Å². The number of halogens is 1. The molecule has 25 heavy (non-hydrogen) atoms. The Labute approximate surface area is 153 Å². The zero-order valence-corrected chi connectivity index (χ0v) is 15.3. The van der Waals surface area contributed by atoms with E-state index in [2.05, 4.69) is 32.7 Å². The molecule has 0 fully saturated rings. The van der Waals surface area contributed by atoms with Gasteiger partial charge in [-0.05, 0) is 25.0 Å². The van der Waals surface area contributed by atoms with Gasteiger partial charge in [0.05, 0.1) is 6.10 Å². The van der Waals surface area contributed by atoms with Crippen LogP contribution in [0.5, 0.6) is 5.88 Å². The van der Waals surface area contributed by atoms with E-state index in [1.165, 1.54) is 0 Å². The number of fused-ring (bicyclic) bond motifs is 1. The summed E-state index contributed by atoms with van der Waals surface area (Å²) in [6.07, 6.45) is 3.60. The number of carbonyl (C=O) groups is 1. The largest absolute Gasteiger partial charge is 0.475 e. The molecular formula is C17H24ClN5O2. The minimum absolute atomic E-state index is 0. The molecule has 0 bridgehead atoms. The van der Waals surface area contributed by atoms with E-state index >= 15 is 0 Å². The Bertz CT molecular complexity index is 719. The quantitative estimate of drug-likeness (QED) is 0.728. The second-order valence-electron chi connectivity index (χ2n) is 5.98. The zero-order valence-electron chi connectivity index (χ0n) is 14.5. The third-order valence-corrected chi connectivity index (χ3v) is 4.17. The van der Waals surface area contributed by atoms with Gasteiger partial charge in [-0.15, -0.1) is 12.4 Å². The molecule has 1 aliphatic rings. The lowest BCUT2D eigenvalue weighted by Gasteiger charge is -2.13. The zero-order chi connectivity index (χ0) is 16.9. The van der Waals surface area contributed by atoms with Crippen molar-refractivity contribution in [1.29, 1.82) is 0 Å². The van der Waals surface area contributed by atoms with Gasteiger partial charge in [0.2, 0.25) is 5.88 Å². The highest BCUT2D eigenvalue weighted by Crippen LogP contribution is 2.16. The molecule has 8 heteroatoms. The van der Waals surface area contributed by atoms with Crippen LogP contribution in [-0.4, -0.2) is 33.7 Å². The number of rotatable bonds is 6. The van der Waals surface area contributed by atoms with Crippen LogP contribution in [0.25, 0.3) is 0 Å². The first-order chi connectivity index (χ1) is 11.7. The van der Waals surface area contributed by atoms with E-state index in [9.17, 15) is 4.79 Å². The van der Waals surface area contributed by atoms with Crippen LogP contribution in [0.1, 0.15) is 47.6 Å². The van der Waals surface area contributed by atoms with Crippen LogP contribution in [0, 0.1) is 0 Å². The predicted molar refractivity (Wildman–Crippen MR) is 97.0 cm³/mol. The Kier molecular flexibility index (Phi) is 6.78. The molecule has 0 saturated carbocycles. The minimum Gasteiger partial charge on any atom is -0.475 e. The first kappa shape index (κ1) is 19.2. The van der Waals surface area contributed by atoms with Crippen molar-refractivity contribution in [1.82, 2.24) is 25.8 Å². The average Bonchev–Trinajstić information content (AvgIpc) is 3.04. The molecule has 1 amide bonds. The van der Waals surface area contributed by atoms with Crippen molar-refractivity contribution in [3.8, 4) is 5.88 Å². The van der Waals surface area contributed by atoms with Gasteiger partial charge in [-0.2, -0.15) is 5.10 Å². The molecule has 0 radical (unpaired) electrons. The van der Waals surface area contributed by atoms with E-state index in [0.29, 0.717) is 24.7 Å². The maximum atomic E-state index is 12.4. The first-order valence-electron chi connectivity index (χ1n) is 8.34. The first-order valence-corrected chi connectivity index (χ1v) is 8.34. The van der Waals surface area contributed by atoms with Gasteiger partial charge >= 0.3 is 0 Å². The predicted octanol–water partition coefficient (Wildman–Crippen LogP) is 1.98. The molecule has 7 nitrogen and oxygen atoms in total. The van der Waals surface area contributed by atoms with Crippen molar-refractivity contribution in [2.45, 2.75) is 45.9 Å². The van der Waals surface area contributed by atoms with Crippen LogP contribution in [-0.2, 0) is 19.5 Å². The van der Waals surface area contributed by atoms with Crippen LogP contribution in [0.15, 0.2) is 18.3 Å². The standard InChI is InChI=1S/C17H23N5O2.ClH/c1-3-11(2)24-15-8-12(4-7-19-15)9-20-17(23)16-13-10-18-6-5-14(13)21-22-16;/h4,7-8,11,18H,3,5-6,9-10H2,1-2H3,(H,20,23)(H,21,22);1H. The van der Waals surface area contributed by atoms with E-state index in [1.54, 1.807) is 6.20 Å². The van der Waals surface area contributed by atoms with Gasteiger partial charge < -0.3 is 15.4 Å². The molecule has 0 aromatic carbocycles. The van der Waals surface area contributed by atoms with E-state index in [4.69, 9.17) is 4.74 Å². The van der Waals surface area contributed by atoms with Crippen LogP contribution in [0.2, 0.25) is 0 Å². The number of pyridine rings is 1. The van der Waals surface area contributed by atoms with Gasteiger partial charge in [0.15, 0.2) is 5.69 Å². The Hall–Kier alpha value is -2.12. The van der Waals surface area contributed by atoms with Gasteiger partial charge in [0, 0.05) is 49.6 Å². The fourth-order valence-corrected chi connectivity index (χ4v) is 2.59. The highest BCUT2D eigenvalue weighted by atomic mass is 35.5. The van der Waals surface area contributed by atoms with Crippen molar-refractivity contribution in [2.24, 2.45) is 0 Å². The van der Waals surface area contributed by atoms with E-state index in [-0.39, 0.29) is 24.4 Å². The molecule has 0 aliphatic carbocycles. The van der Waals surface area contributed by atoms with Crippen LogP contribution in [0.3, 0.4) is 0 Å². The summed E-state index contributed by atoms with van der Waals surface area (Å²) in [6.45, 7) is 6.06. The Balaban J connectivity index is 0.00000225. The Morgan fingerprint density at radius 1 is 1.48 bits per heavy atom. The third-order valence-electron chi connectivity index (χ3n) is 4.17. The van der Waals surface area contributed by atoms with Crippen molar-refractivity contribution in [3.63, 3.8) is 0 Å². The number of carbonyl (C=O) groups excluding carboxylic acids is 1. The fraction of sp³-hybridized carbons (Fsp3) is 0.471. The lowest BCUT2D eigenvalue weighted by molar-refractivity contribution is 0.0944. The number of hydrogen-bond acceptors (Lipinski definition) is 5. The van der Waals surface area contributed by atoms with Gasteiger partial charge in [-0.25, -0.2) is 4.98 Å². The molecule has 0 spiro atoms. The molecular weight excluding hydrogens is 342 g/mol. The summed E-state index contributed by atoms with van der Waals surface area (Å²) < 4.78 is 5.71. The monoisotopic (exact) mass is 365 g/mol.